The smallest absolute Gasteiger partial charge is 0.271 e. The molecule has 4 rings (SSSR count). The molecule has 0 saturated carbocycles. The Morgan fingerprint density at radius 2 is 1.83 bits per heavy atom. The zero-order valence-electron chi connectivity index (χ0n) is 15.9. The quantitative estimate of drug-likeness (QED) is 0.324. The monoisotopic (exact) mass is 417 g/mol. The number of nitrogens with one attached hydrogen (secondary N) is 1. The van der Waals surface area contributed by atoms with Gasteiger partial charge in [-0.2, -0.15) is 0 Å². The molecule has 0 radical (unpaired) electrons. The van der Waals surface area contributed by atoms with Crippen molar-refractivity contribution in [2.45, 2.75) is 6.92 Å². The molecule has 1 amide bonds. The van der Waals surface area contributed by atoms with Crippen molar-refractivity contribution in [3.05, 3.63) is 99.1 Å². The van der Waals surface area contributed by atoms with Crippen molar-refractivity contribution in [2.75, 3.05) is 5.32 Å². The SMILES string of the molecule is Cc1cccc(-c2cc(C(=O)Nc3cc([N+](=O)[O-])ccc3Cl)c3ccccc3n2)c1. The molecule has 0 fully saturated rings. The highest BCUT2D eigenvalue weighted by molar-refractivity contribution is 6.34. The predicted molar refractivity (Wildman–Crippen MR) is 118 cm³/mol. The molecular formula is C23H16ClN3O3. The zero-order valence-corrected chi connectivity index (χ0v) is 16.7. The Morgan fingerprint density at radius 1 is 1.03 bits per heavy atom. The lowest BCUT2D eigenvalue weighted by Crippen LogP contribution is -2.13. The van der Waals surface area contributed by atoms with E-state index in [0.29, 0.717) is 22.2 Å². The van der Waals surface area contributed by atoms with Gasteiger partial charge < -0.3 is 5.32 Å². The molecule has 0 bridgehead atoms. The van der Waals surface area contributed by atoms with Crippen molar-refractivity contribution < 1.29 is 9.72 Å². The minimum Gasteiger partial charge on any atom is -0.320 e. The fourth-order valence-corrected chi connectivity index (χ4v) is 3.39. The second kappa shape index (κ2) is 7.93. The Kier molecular flexibility index (Phi) is 5.16. The van der Waals surface area contributed by atoms with Crippen molar-refractivity contribution in [2.24, 2.45) is 0 Å². The number of aromatic nitrogens is 1. The van der Waals surface area contributed by atoms with Crippen LogP contribution in [0.25, 0.3) is 22.2 Å². The van der Waals surface area contributed by atoms with Crippen LogP contribution in [0.3, 0.4) is 0 Å². The number of fused-ring (bicyclic) bond motifs is 1. The van der Waals surface area contributed by atoms with Crippen LogP contribution < -0.4 is 5.32 Å². The fraction of sp³-hybridized carbons (Fsp3) is 0.0435. The number of nitro benzene ring substituents is 1. The maximum atomic E-state index is 13.1. The van der Waals surface area contributed by atoms with Crippen LogP contribution in [0.1, 0.15) is 15.9 Å². The summed E-state index contributed by atoms with van der Waals surface area (Å²) in [6.07, 6.45) is 0. The largest absolute Gasteiger partial charge is 0.320 e. The van der Waals surface area contributed by atoms with E-state index in [0.717, 1.165) is 11.1 Å². The summed E-state index contributed by atoms with van der Waals surface area (Å²) in [5.74, 6) is -0.426. The molecule has 7 heteroatoms. The summed E-state index contributed by atoms with van der Waals surface area (Å²) >= 11 is 6.15. The molecule has 0 saturated heterocycles. The molecular weight excluding hydrogens is 402 g/mol. The standard InChI is InChI=1S/C23H16ClN3O3/c1-14-5-4-6-15(11-14)21-13-18(17-7-2-3-8-20(17)25-21)23(28)26-22-12-16(27(29)30)9-10-19(22)24/h2-13H,1H3,(H,26,28). The lowest BCUT2D eigenvalue weighted by atomic mass is 10.0. The molecule has 0 aliphatic rings. The van der Waals surface area contributed by atoms with Crippen molar-refractivity contribution in [1.29, 1.82) is 0 Å². The molecule has 0 aliphatic heterocycles. The minimum atomic E-state index is -0.538. The first-order valence-corrected chi connectivity index (χ1v) is 9.52. The molecule has 4 aromatic rings. The van der Waals surface area contributed by atoms with Gasteiger partial charge in [0.25, 0.3) is 11.6 Å². The van der Waals surface area contributed by atoms with Gasteiger partial charge in [0.1, 0.15) is 0 Å². The van der Waals surface area contributed by atoms with E-state index < -0.39 is 10.8 Å². The Balaban J connectivity index is 1.81. The Labute approximate surface area is 177 Å². The Bertz CT molecular complexity index is 1300. The van der Waals surface area contributed by atoms with Crippen LogP contribution in [0.15, 0.2) is 72.8 Å². The van der Waals surface area contributed by atoms with Crippen LogP contribution in [-0.2, 0) is 0 Å². The molecule has 0 unspecified atom stereocenters. The van der Waals surface area contributed by atoms with Gasteiger partial charge in [-0.1, -0.05) is 53.6 Å². The number of halogens is 1. The number of pyridine rings is 1. The first-order chi connectivity index (χ1) is 14.4. The highest BCUT2D eigenvalue weighted by atomic mass is 35.5. The van der Waals surface area contributed by atoms with Gasteiger partial charge in [0.05, 0.1) is 32.4 Å². The van der Waals surface area contributed by atoms with Crippen molar-refractivity contribution in [3.8, 4) is 11.3 Å². The summed E-state index contributed by atoms with van der Waals surface area (Å²) in [6.45, 7) is 1.99. The Morgan fingerprint density at radius 3 is 2.60 bits per heavy atom. The van der Waals surface area contributed by atoms with E-state index in [4.69, 9.17) is 16.6 Å². The number of aryl methyl sites for hydroxylation is 1. The second-order valence-corrected chi connectivity index (χ2v) is 7.22. The van der Waals surface area contributed by atoms with Gasteiger partial charge in [0.15, 0.2) is 0 Å². The van der Waals surface area contributed by atoms with Crippen LogP contribution in [-0.4, -0.2) is 15.8 Å². The number of anilines is 1. The lowest BCUT2D eigenvalue weighted by Gasteiger charge is -2.12. The number of amides is 1. The van der Waals surface area contributed by atoms with Crippen molar-refractivity contribution >= 4 is 39.8 Å². The van der Waals surface area contributed by atoms with Crippen LogP contribution in [0.2, 0.25) is 5.02 Å². The number of nitro groups is 1. The molecule has 148 valence electrons. The fourth-order valence-electron chi connectivity index (χ4n) is 3.23. The molecule has 0 atom stereocenters. The number of para-hydroxylation sites is 1. The number of carbonyl (C=O) groups is 1. The van der Waals surface area contributed by atoms with Gasteiger partial charge >= 0.3 is 0 Å². The van der Waals surface area contributed by atoms with E-state index in [1.165, 1.54) is 18.2 Å². The van der Waals surface area contributed by atoms with Gasteiger partial charge in [0, 0.05) is 23.1 Å². The van der Waals surface area contributed by atoms with E-state index in [2.05, 4.69) is 5.32 Å². The van der Waals surface area contributed by atoms with Crippen LogP contribution in [0, 0.1) is 17.0 Å². The molecule has 30 heavy (non-hydrogen) atoms. The molecule has 1 heterocycles. The van der Waals surface area contributed by atoms with Gasteiger partial charge in [-0.05, 0) is 31.2 Å². The number of hydrogen-bond donors (Lipinski definition) is 1. The number of rotatable bonds is 4. The number of nitrogens with zero attached hydrogens (tertiary/aromatic N) is 2. The van der Waals surface area contributed by atoms with E-state index in [-0.39, 0.29) is 16.4 Å². The van der Waals surface area contributed by atoms with E-state index in [1.807, 2.05) is 55.5 Å². The number of carbonyl (C=O) groups excluding carboxylic acids is 1. The summed E-state index contributed by atoms with van der Waals surface area (Å²) in [6, 6.07) is 20.8. The maximum absolute atomic E-state index is 13.1. The average molecular weight is 418 g/mol. The summed E-state index contributed by atoms with van der Waals surface area (Å²) in [7, 11) is 0. The highest BCUT2D eigenvalue weighted by Gasteiger charge is 2.17. The topological polar surface area (TPSA) is 85.1 Å². The number of hydrogen-bond acceptors (Lipinski definition) is 4. The third kappa shape index (κ3) is 3.86. The molecule has 3 aromatic carbocycles. The van der Waals surface area contributed by atoms with E-state index >= 15 is 0 Å². The molecule has 0 spiro atoms. The minimum absolute atomic E-state index is 0.158. The number of non-ortho nitro benzene ring substituents is 1. The molecule has 1 aromatic heterocycles. The summed E-state index contributed by atoms with van der Waals surface area (Å²) in [5, 5.41) is 14.7. The van der Waals surface area contributed by atoms with E-state index in [9.17, 15) is 14.9 Å². The Hall–Kier alpha value is -3.77. The lowest BCUT2D eigenvalue weighted by molar-refractivity contribution is -0.384. The van der Waals surface area contributed by atoms with Crippen LogP contribution in [0.5, 0.6) is 0 Å². The third-order valence-electron chi connectivity index (χ3n) is 4.68. The summed E-state index contributed by atoms with van der Waals surface area (Å²) in [5.41, 5.74) is 3.72. The van der Waals surface area contributed by atoms with Crippen LogP contribution in [0.4, 0.5) is 11.4 Å². The third-order valence-corrected chi connectivity index (χ3v) is 5.01. The zero-order chi connectivity index (χ0) is 21.3. The normalized spacial score (nSPS) is 10.7. The predicted octanol–water partition coefficient (Wildman–Crippen LogP) is 6.02. The van der Waals surface area contributed by atoms with Crippen molar-refractivity contribution in [3.63, 3.8) is 0 Å². The molecule has 0 aliphatic carbocycles. The maximum Gasteiger partial charge on any atom is 0.271 e. The van der Waals surface area contributed by atoms with Gasteiger partial charge in [-0.15, -0.1) is 0 Å². The van der Waals surface area contributed by atoms with Gasteiger partial charge in [-0.25, -0.2) is 4.98 Å². The first kappa shape index (κ1) is 19.5. The van der Waals surface area contributed by atoms with Crippen LogP contribution >= 0.6 is 11.6 Å². The molecule has 1 N–H and O–H groups in total. The molecule has 6 nitrogen and oxygen atoms in total. The van der Waals surface area contributed by atoms with E-state index in [1.54, 1.807) is 6.07 Å². The average Bonchev–Trinajstić information content (AvgIpc) is 2.74. The summed E-state index contributed by atoms with van der Waals surface area (Å²) < 4.78 is 0. The second-order valence-electron chi connectivity index (χ2n) is 6.82. The summed E-state index contributed by atoms with van der Waals surface area (Å²) in [4.78, 5) is 28.4. The van der Waals surface area contributed by atoms with Gasteiger partial charge in [0.2, 0.25) is 0 Å². The first-order valence-electron chi connectivity index (χ1n) is 9.14. The number of benzene rings is 3. The van der Waals surface area contributed by atoms with Gasteiger partial charge in [-0.3, -0.25) is 14.9 Å². The highest BCUT2D eigenvalue weighted by Crippen LogP contribution is 2.29. The van der Waals surface area contributed by atoms with Crippen molar-refractivity contribution in [1.82, 2.24) is 4.98 Å².